The monoisotopic (exact) mass is 373 g/mol. The molecule has 0 spiro atoms. The summed E-state index contributed by atoms with van der Waals surface area (Å²) in [4.78, 5) is 26.4. The number of hydrogen-bond donors (Lipinski definition) is 1. The molecule has 26 heavy (non-hydrogen) atoms. The topological polar surface area (TPSA) is 61.4 Å². The Morgan fingerprint density at radius 2 is 2.15 bits per heavy atom. The Morgan fingerprint density at radius 3 is 2.85 bits per heavy atom. The molecule has 1 atom stereocenters. The maximum absolute atomic E-state index is 12.8. The number of carbonyl (C=O) groups excluding carboxylic acids is 1. The van der Waals surface area contributed by atoms with E-state index in [9.17, 15) is 4.79 Å². The number of nitrogens with zero attached hydrogens (tertiary/aromatic N) is 4. The van der Waals surface area contributed by atoms with E-state index in [2.05, 4.69) is 21.4 Å². The van der Waals surface area contributed by atoms with Crippen molar-refractivity contribution in [3.05, 3.63) is 34.4 Å². The number of aryl methyl sites for hydroxylation is 1. The molecule has 0 bridgehead atoms. The van der Waals surface area contributed by atoms with Crippen molar-refractivity contribution in [2.75, 3.05) is 37.4 Å². The van der Waals surface area contributed by atoms with Crippen LogP contribution in [0, 0.1) is 0 Å². The molecule has 3 rings (SSSR count). The zero-order valence-corrected chi connectivity index (χ0v) is 16.6. The van der Waals surface area contributed by atoms with Gasteiger partial charge in [-0.05, 0) is 37.8 Å². The molecule has 1 fully saturated rings. The van der Waals surface area contributed by atoms with E-state index in [0.717, 1.165) is 60.8 Å². The van der Waals surface area contributed by atoms with Crippen molar-refractivity contribution in [1.82, 2.24) is 14.9 Å². The van der Waals surface area contributed by atoms with Crippen molar-refractivity contribution in [3.8, 4) is 0 Å². The van der Waals surface area contributed by atoms with Gasteiger partial charge >= 0.3 is 0 Å². The molecule has 1 saturated heterocycles. The molecule has 140 valence electrons. The molecule has 6 nitrogen and oxygen atoms in total. The molecule has 1 aliphatic rings. The minimum Gasteiger partial charge on any atom is -0.381 e. The Balaban J connectivity index is 1.58. The average Bonchev–Trinajstić information content (AvgIpc) is 3.01. The third-order valence-corrected chi connectivity index (χ3v) is 5.62. The molecule has 2 aromatic heterocycles. The summed E-state index contributed by atoms with van der Waals surface area (Å²) in [5, 5.41) is 3.58. The van der Waals surface area contributed by atoms with Crippen LogP contribution < -0.4 is 10.2 Å². The zero-order chi connectivity index (χ0) is 18.5. The van der Waals surface area contributed by atoms with Crippen molar-refractivity contribution >= 4 is 28.7 Å². The molecule has 3 heterocycles. The van der Waals surface area contributed by atoms with Crippen LogP contribution in [-0.2, 0) is 6.42 Å². The van der Waals surface area contributed by atoms with Gasteiger partial charge in [0, 0.05) is 33.2 Å². The molecule has 0 saturated carbocycles. The first-order valence-electron chi connectivity index (χ1n) is 9.20. The van der Waals surface area contributed by atoms with E-state index in [1.54, 1.807) is 5.51 Å². The van der Waals surface area contributed by atoms with E-state index < -0.39 is 0 Å². The van der Waals surface area contributed by atoms with Gasteiger partial charge in [-0.15, -0.1) is 11.3 Å². The maximum atomic E-state index is 12.8. The van der Waals surface area contributed by atoms with Gasteiger partial charge in [0.05, 0.1) is 23.1 Å². The maximum Gasteiger partial charge on any atom is 0.265 e. The van der Waals surface area contributed by atoms with Crippen molar-refractivity contribution in [2.24, 2.45) is 0 Å². The van der Waals surface area contributed by atoms with Gasteiger partial charge in [0.15, 0.2) is 0 Å². The number of rotatable bonds is 5. The fourth-order valence-electron chi connectivity index (χ4n) is 3.25. The largest absolute Gasteiger partial charge is 0.381 e. The van der Waals surface area contributed by atoms with Crippen LogP contribution in [0.5, 0.6) is 0 Å². The summed E-state index contributed by atoms with van der Waals surface area (Å²) in [6.45, 7) is 3.64. The number of anilines is 2. The van der Waals surface area contributed by atoms with Crippen molar-refractivity contribution in [2.45, 2.75) is 38.6 Å². The summed E-state index contributed by atoms with van der Waals surface area (Å²) in [7, 11) is 3.97. The van der Waals surface area contributed by atoms with Crippen LogP contribution in [0.15, 0.2) is 23.8 Å². The second-order valence-electron chi connectivity index (χ2n) is 6.85. The molecule has 1 amide bonds. The highest BCUT2D eigenvalue weighted by molar-refractivity contribution is 7.11. The lowest BCUT2D eigenvalue weighted by Crippen LogP contribution is -2.32. The van der Waals surface area contributed by atoms with E-state index in [4.69, 9.17) is 0 Å². The second-order valence-corrected chi connectivity index (χ2v) is 7.70. The molecule has 7 heteroatoms. The first-order chi connectivity index (χ1) is 12.6. The number of pyridine rings is 1. The Hall–Kier alpha value is -2.15. The average molecular weight is 374 g/mol. The molecule has 0 unspecified atom stereocenters. The number of amides is 1. The van der Waals surface area contributed by atoms with Crippen LogP contribution in [0.3, 0.4) is 0 Å². The second kappa shape index (κ2) is 8.49. The van der Waals surface area contributed by atoms with Gasteiger partial charge < -0.3 is 15.1 Å². The molecule has 0 radical (unpaired) electrons. The van der Waals surface area contributed by atoms with Gasteiger partial charge in [0.25, 0.3) is 5.91 Å². The smallest absolute Gasteiger partial charge is 0.265 e. The number of likely N-dealkylation sites (tertiary alicyclic amines) is 1. The van der Waals surface area contributed by atoms with E-state index in [0.29, 0.717) is 6.04 Å². The van der Waals surface area contributed by atoms with Gasteiger partial charge in [-0.3, -0.25) is 4.79 Å². The molecule has 2 aromatic rings. The Labute approximate surface area is 159 Å². The summed E-state index contributed by atoms with van der Waals surface area (Å²) >= 11 is 1.46. The van der Waals surface area contributed by atoms with E-state index in [-0.39, 0.29) is 5.91 Å². The summed E-state index contributed by atoms with van der Waals surface area (Å²) < 4.78 is 0. The number of hydrogen-bond acceptors (Lipinski definition) is 6. The van der Waals surface area contributed by atoms with Crippen molar-refractivity contribution in [3.63, 3.8) is 0 Å². The van der Waals surface area contributed by atoms with Gasteiger partial charge in [-0.2, -0.15) is 0 Å². The standard InChI is InChI=1S/C19H27N5OS/c1-4-16-18(26-13-21-16)19(25)24-10-5-6-14(9-11-24)22-15-7-8-17(20-12-15)23(2)3/h7-8,12-14,22H,4-6,9-11H2,1-3H3/t14-/m0/s1. The van der Waals surface area contributed by atoms with Crippen molar-refractivity contribution in [1.29, 1.82) is 0 Å². The number of thiazole rings is 1. The van der Waals surface area contributed by atoms with Gasteiger partial charge in [-0.25, -0.2) is 9.97 Å². The van der Waals surface area contributed by atoms with E-state index >= 15 is 0 Å². The molecular weight excluding hydrogens is 346 g/mol. The molecular formula is C19H27N5OS. The lowest BCUT2D eigenvalue weighted by atomic mass is 10.1. The van der Waals surface area contributed by atoms with Crippen LogP contribution in [0.25, 0.3) is 0 Å². The lowest BCUT2D eigenvalue weighted by molar-refractivity contribution is 0.0765. The lowest BCUT2D eigenvalue weighted by Gasteiger charge is -2.21. The Kier molecular flexibility index (Phi) is 6.08. The van der Waals surface area contributed by atoms with Gasteiger partial charge in [0.2, 0.25) is 0 Å². The number of nitrogens with one attached hydrogen (secondary N) is 1. The fraction of sp³-hybridized carbons (Fsp3) is 0.526. The predicted octanol–water partition coefficient (Wildman–Crippen LogP) is 3.27. The van der Waals surface area contributed by atoms with Gasteiger partial charge in [0.1, 0.15) is 10.7 Å². The van der Waals surface area contributed by atoms with Crippen LogP contribution in [0.1, 0.15) is 41.6 Å². The summed E-state index contributed by atoms with van der Waals surface area (Å²) in [5.41, 5.74) is 3.74. The Bertz CT molecular complexity index is 728. The van der Waals surface area contributed by atoms with Crippen LogP contribution in [0.4, 0.5) is 11.5 Å². The van der Waals surface area contributed by atoms with Crippen LogP contribution >= 0.6 is 11.3 Å². The van der Waals surface area contributed by atoms with E-state index in [1.165, 1.54) is 11.3 Å². The summed E-state index contributed by atoms with van der Waals surface area (Å²) in [5.74, 6) is 1.09. The number of aromatic nitrogens is 2. The minimum absolute atomic E-state index is 0.141. The van der Waals surface area contributed by atoms with Crippen LogP contribution in [0.2, 0.25) is 0 Å². The predicted molar refractivity (Wildman–Crippen MR) is 107 cm³/mol. The highest BCUT2D eigenvalue weighted by Crippen LogP contribution is 2.22. The molecule has 0 aliphatic carbocycles. The fourth-order valence-corrected chi connectivity index (χ4v) is 4.10. The van der Waals surface area contributed by atoms with E-state index in [1.807, 2.05) is 43.1 Å². The normalized spacial score (nSPS) is 17.7. The minimum atomic E-state index is 0.141. The quantitative estimate of drug-likeness (QED) is 0.871. The first kappa shape index (κ1) is 18.6. The zero-order valence-electron chi connectivity index (χ0n) is 15.7. The third kappa shape index (κ3) is 4.33. The SMILES string of the molecule is CCc1ncsc1C(=O)N1CCC[C@H](Nc2ccc(N(C)C)nc2)CC1. The highest BCUT2D eigenvalue weighted by Gasteiger charge is 2.24. The molecule has 1 N–H and O–H groups in total. The Morgan fingerprint density at radius 1 is 1.31 bits per heavy atom. The number of carbonyl (C=O) groups is 1. The molecule has 1 aliphatic heterocycles. The van der Waals surface area contributed by atoms with Crippen molar-refractivity contribution < 1.29 is 4.79 Å². The third-order valence-electron chi connectivity index (χ3n) is 4.76. The first-order valence-corrected chi connectivity index (χ1v) is 10.1. The molecule has 0 aromatic carbocycles. The summed E-state index contributed by atoms with van der Waals surface area (Å²) in [6, 6.07) is 4.46. The van der Waals surface area contributed by atoms with Gasteiger partial charge in [-0.1, -0.05) is 6.92 Å². The highest BCUT2D eigenvalue weighted by atomic mass is 32.1. The summed E-state index contributed by atoms with van der Waals surface area (Å²) in [6.07, 6.45) is 5.70. The van der Waals surface area contributed by atoms with Crippen LogP contribution in [-0.4, -0.2) is 54.0 Å².